The highest BCUT2D eigenvalue weighted by atomic mass is 16.2. The number of rotatable bonds is 5. The minimum atomic E-state index is 0.0494. The molecule has 1 aliphatic rings. The Morgan fingerprint density at radius 3 is 2.86 bits per heavy atom. The third kappa shape index (κ3) is 4.14. The second-order valence-corrected chi connectivity index (χ2v) is 7.63. The summed E-state index contributed by atoms with van der Waals surface area (Å²) in [6.07, 6.45) is 7.93. The van der Waals surface area contributed by atoms with Crippen LogP contribution in [-0.4, -0.2) is 39.1 Å². The van der Waals surface area contributed by atoms with Crippen molar-refractivity contribution in [3.8, 4) is 11.3 Å². The molecule has 1 saturated heterocycles. The predicted molar refractivity (Wildman–Crippen MR) is 110 cm³/mol. The third-order valence-corrected chi connectivity index (χ3v) is 5.67. The Hall–Kier alpha value is -2.95. The van der Waals surface area contributed by atoms with Crippen molar-refractivity contribution in [1.29, 1.82) is 0 Å². The van der Waals surface area contributed by atoms with Gasteiger partial charge >= 0.3 is 0 Å². The Kier molecular flexibility index (Phi) is 5.51. The maximum absolute atomic E-state index is 13.0. The van der Waals surface area contributed by atoms with E-state index in [9.17, 15) is 4.79 Å². The molecular weight excluding hydrogens is 348 g/mol. The van der Waals surface area contributed by atoms with E-state index in [1.807, 2.05) is 23.1 Å². The van der Waals surface area contributed by atoms with Crippen LogP contribution in [-0.2, 0) is 6.42 Å². The summed E-state index contributed by atoms with van der Waals surface area (Å²) >= 11 is 0. The number of amides is 1. The van der Waals surface area contributed by atoms with E-state index in [1.165, 1.54) is 17.5 Å². The number of aryl methyl sites for hydroxylation is 2. The quantitative estimate of drug-likeness (QED) is 0.726. The molecule has 1 aromatic carbocycles. The van der Waals surface area contributed by atoms with Crippen LogP contribution < -0.4 is 0 Å². The smallest absolute Gasteiger partial charge is 0.271 e. The zero-order chi connectivity index (χ0) is 19.3. The number of benzene rings is 1. The van der Waals surface area contributed by atoms with Crippen molar-refractivity contribution in [2.45, 2.75) is 32.6 Å². The Balaban J connectivity index is 1.38. The number of nitrogens with one attached hydrogen (secondary N) is 1. The maximum atomic E-state index is 13.0. The molecule has 1 amide bonds. The molecule has 1 N–H and O–H groups in total. The predicted octanol–water partition coefficient (Wildman–Crippen LogP) is 4.27. The van der Waals surface area contributed by atoms with Crippen LogP contribution in [0.25, 0.3) is 11.3 Å². The van der Waals surface area contributed by atoms with E-state index >= 15 is 0 Å². The first kappa shape index (κ1) is 18.4. The van der Waals surface area contributed by atoms with Crippen LogP contribution in [0, 0.1) is 12.8 Å². The fourth-order valence-electron chi connectivity index (χ4n) is 4.01. The van der Waals surface area contributed by atoms with E-state index in [0.29, 0.717) is 11.6 Å². The molecule has 144 valence electrons. The third-order valence-electron chi connectivity index (χ3n) is 5.67. The van der Waals surface area contributed by atoms with Gasteiger partial charge in [0.15, 0.2) is 0 Å². The summed E-state index contributed by atoms with van der Waals surface area (Å²) in [5.74, 6) is 0.605. The lowest BCUT2D eigenvalue weighted by Crippen LogP contribution is -2.40. The van der Waals surface area contributed by atoms with Gasteiger partial charge in [0.2, 0.25) is 0 Å². The Bertz CT molecular complexity index is 935. The molecular formula is C23H26N4O. The van der Waals surface area contributed by atoms with Gasteiger partial charge in [-0.3, -0.25) is 14.9 Å². The minimum absolute atomic E-state index is 0.0494. The van der Waals surface area contributed by atoms with Crippen molar-refractivity contribution in [3.05, 3.63) is 71.7 Å². The van der Waals surface area contributed by atoms with Gasteiger partial charge < -0.3 is 4.90 Å². The normalized spacial score (nSPS) is 16.9. The summed E-state index contributed by atoms with van der Waals surface area (Å²) in [4.78, 5) is 19.0. The van der Waals surface area contributed by atoms with Crippen LogP contribution >= 0.6 is 0 Å². The largest absolute Gasteiger partial charge is 0.337 e. The number of carbonyl (C=O) groups excluding carboxylic acids is 1. The van der Waals surface area contributed by atoms with Crippen LogP contribution in [0.4, 0.5) is 0 Å². The summed E-state index contributed by atoms with van der Waals surface area (Å²) in [6.45, 7) is 3.82. The number of carbonyl (C=O) groups is 1. The van der Waals surface area contributed by atoms with Gasteiger partial charge in [-0.15, -0.1) is 0 Å². The molecule has 1 fully saturated rings. The molecule has 5 nitrogen and oxygen atoms in total. The van der Waals surface area contributed by atoms with Gasteiger partial charge in [0.25, 0.3) is 5.91 Å². The molecule has 1 aliphatic heterocycles. The SMILES string of the molecule is Cc1ccccc1CCC1CCCN(C(=O)c2cc(-c3ccncc3)n[nH]2)C1. The molecule has 1 unspecified atom stereocenters. The number of piperidine rings is 1. The molecule has 0 saturated carbocycles. The number of pyridine rings is 1. The van der Waals surface area contributed by atoms with Gasteiger partial charge in [-0.25, -0.2) is 0 Å². The zero-order valence-corrected chi connectivity index (χ0v) is 16.3. The average Bonchev–Trinajstić information content (AvgIpc) is 3.24. The van der Waals surface area contributed by atoms with Crippen LogP contribution in [0.15, 0.2) is 54.9 Å². The Morgan fingerprint density at radius 1 is 1.21 bits per heavy atom. The number of H-pyrrole nitrogens is 1. The number of nitrogens with zero attached hydrogens (tertiary/aromatic N) is 3. The summed E-state index contributed by atoms with van der Waals surface area (Å²) in [5, 5.41) is 7.23. The molecule has 4 rings (SSSR count). The van der Waals surface area contributed by atoms with Gasteiger partial charge in [-0.2, -0.15) is 5.10 Å². The highest BCUT2D eigenvalue weighted by Gasteiger charge is 2.25. The van der Waals surface area contributed by atoms with Gasteiger partial charge in [0, 0.05) is 31.0 Å². The lowest BCUT2D eigenvalue weighted by Gasteiger charge is -2.32. The highest BCUT2D eigenvalue weighted by Crippen LogP contribution is 2.24. The number of aromatic amines is 1. The molecule has 1 atom stereocenters. The van der Waals surface area contributed by atoms with E-state index in [1.54, 1.807) is 12.4 Å². The highest BCUT2D eigenvalue weighted by molar-refractivity contribution is 5.93. The van der Waals surface area contributed by atoms with Crippen molar-refractivity contribution < 1.29 is 4.79 Å². The molecule has 2 aromatic heterocycles. The summed E-state index contributed by atoms with van der Waals surface area (Å²) < 4.78 is 0. The first-order chi connectivity index (χ1) is 13.7. The van der Waals surface area contributed by atoms with Crippen LogP contribution in [0.1, 0.15) is 40.9 Å². The molecule has 0 radical (unpaired) electrons. The Labute approximate surface area is 165 Å². The zero-order valence-electron chi connectivity index (χ0n) is 16.3. The second-order valence-electron chi connectivity index (χ2n) is 7.63. The number of aromatic nitrogens is 3. The minimum Gasteiger partial charge on any atom is -0.337 e. The second kappa shape index (κ2) is 8.38. The van der Waals surface area contributed by atoms with Gasteiger partial charge in [-0.05, 0) is 67.9 Å². The van der Waals surface area contributed by atoms with Crippen molar-refractivity contribution in [2.24, 2.45) is 5.92 Å². The monoisotopic (exact) mass is 374 g/mol. The van der Waals surface area contributed by atoms with E-state index in [4.69, 9.17) is 0 Å². The Morgan fingerprint density at radius 2 is 2.04 bits per heavy atom. The fraction of sp³-hybridized carbons (Fsp3) is 0.348. The molecule has 5 heteroatoms. The molecule has 3 aromatic rings. The van der Waals surface area contributed by atoms with Crippen molar-refractivity contribution in [2.75, 3.05) is 13.1 Å². The molecule has 0 spiro atoms. The lowest BCUT2D eigenvalue weighted by molar-refractivity contribution is 0.0662. The van der Waals surface area contributed by atoms with E-state index in [2.05, 4.69) is 46.4 Å². The van der Waals surface area contributed by atoms with Crippen LogP contribution in [0.3, 0.4) is 0 Å². The number of hydrogen-bond acceptors (Lipinski definition) is 3. The van der Waals surface area contributed by atoms with Crippen LogP contribution in [0.2, 0.25) is 0 Å². The lowest BCUT2D eigenvalue weighted by atomic mass is 9.90. The summed E-state index contributed by atoms with van der Waals surface area (Å²) in [7, 11) is 0. The van der Waals surface area contributed by atoms with E-state index in [0.717, 1.165) is 43.6 Å². The summed E-state index contributed by atoms with van der Waals surface area (Å²) in [6, 6.07) is 14.2. The molecule has 3 heterocycles. The van der Waals surface area contributed by atoms with Crippen molar-refractivity contribution >= 4 is 5.91 Å². The maximum Gasteiger partial charge on any atom is 0.271 e. The van der Waals surface area contributed by atoms with E-state index in [-0.39, 0.29) is 5.91 Å². The van der Waals surface area contributed by atoms with E-state index < -0.39 is 0 Å². The van der Waals surface area contributed by atoms with Gasteiger partial charge in [-0.1, -0.05) is 24.3 Å². The average molecular weight is 374 g/mol. The first-order valence-corrected chi connectivity index (χ1v) is 10.0. The molecule has 0 aliphatic carbocycles. The molecule has 28 heavy (non-hydrogen) atoms. The summed E-state index contributed by atoms with van der Waals surface area (Å²) in [5.41, 5.74) is 5.07. The fourth-order valence-corrected chi connectivity index (χ4v) is 4.01. The van der Waals surface area contributed by atoms with Crippen LogP contribution in [0.5, 0.6) is 0 Å². The standard InChI is InChI=1S/C23H26N4O/c1-17-5-2-3-7-19(17)9-8-18-6-4-14-27(16-18)23(28)22-15-21(25-26-22)20-10-12-24-13-11-20/h2-3,5,7,10-13,15,18H,4,6,8-9,14,16H2,1H3,(H,25,26). The molecule has 0 bridgehead atoms. The number of likely N-dealkylation sites (tertiary alicyclic amines) is 1. The van der Waals surface area contributed by atoms with Crippen molar-refractivity contribution in [1.82, 2.24) is 20.1 Å². The van der Waals surface area contributed by atoms with Gasteiger partial charge in [0.05, 0.1) is 5.69 Å². The topological polar surface area (TPSA) is 61.9 Å². The first-order valence-electron chi connectivity index (χ1n) is 10.0. The van der Waals surface area contributed by atoms with Gasteiger partial charge in [0.1, 0.15) is 5.69 Å². The number of hydrogen-bond donors (Lipinski definition) is 1. The van der Waals surface area contributed by atoms with Crippen molar-refractivity contribution in [3.63, 3.8) is 0 Å².